The highest BCUT2D eigenvalue weighted by Gasteiger charge is 2.32. The van der Waals surface area contributed by atoms with E-state index in [9.17, 15) is 18.0 Å². The van der Waals surface area contributed by atoms with Gasteiger partial charge in [0.1, 0.15) is 12.6 Å². The van der Waals surface area contributed by atoms with Crippen molar-refractivity contribution >= 4 is 50.9 Å². The van der Waals surface area contributed by atoms with Crippen LogP contribution >= 0.6 is 23.2 Å². The van der Waals surface area contributed by atoms with Gasteiger partial charge in [-0.05, 0) is 36.8 Å². The van der Waals surface area contributed by atoms with E-state index in [0.29, 0.717) is 21.3 Å². The molecule has 174 valence electrons. The van der Waals surface area contributed by atoms with Crippen LogP contribution in [0.25, 0.3) is 0 Å². The summed E-state index contributed by atoms with van der Waals surface area (Å²) in [6.07, 6.45) is 0. The molecule has 2 amide bonds. The van der Waals surface area contributed by atoms with Crippen molar-refractivity contribution in [3.8, 4) is 0 Å². The second-order valence-electron chi connectivity index (χ2n) is 7.18. The molecule has 0 saturated heterocycles. The van der Waals surface area contributed by atoms with Crippen molar-refractivity contribution in [2.24, 2.45) is 0 Å². The Balaban J connectivity index is 2.45. The molecule has 0 fully saturated rings. The Hall–Kier alpha value is -2.33. The van der Waals surface area contributed by atoms with Crippen molar-refractivity contribution in [3.63, 3.8) is 0 Å². The number of amides is 2. The Morgan fingerprint density at radius 3 is 2.22 bits per heavy atom. The molecule has 8 nitrogen and oxygen atoms in total. The van der Waals surface area contributed by atoms with Crippen LogP contribution in [-0.4, -0.2) is 63.2 Å². The lowest BCUT2D eigenvalue weighted by atomic mass is 10.1. The van der Waals surface area contributed by atoms with Gasteiger partial charge in [0.05, 0.1) is 5.69 Å². The molecule has 2 rings (SSSR count). The lowest BCUT2D eigenvalue weighted by molar-refractivity contribution is -0.139. The topological polar surface area (TPSA) is 90.0 Å². The summed E-state index contributed by atoms with van der Waals surface area (Å²) in [5.41, 5.74) is 0.897. The summed E-state index contributed by atoms with van der Waals surface area (Å²) >= 11 is 12.2. The third-order valence-electron chi connectivity index (χ3n) is 4.83. The number of halogens is 2. The van der Waals surface area contributed by atoms with Gasteiger partial charge in [0, 0.05) is 37.7 Å². The van der Waals surface area contributed by atoms with Crippen LogP contribution in [-0.2, 0) is 26.3 Å². The molecule has 0 aromatic heterocycles. The van der Waals surface area contributed by atoms with Crippen molar-refractivity contribution in [2.75, 3.05) is 32.0 Å². The highest BCUT2D eigenvalue weighted by molar-refractivity contribution is 7.90. The highest BCUT2D eigenvalue weighted by Crippen LogP contribution is 2.24. The zero-order valence-corrected chi connectivity index (χ0v) is 20.6. The van der Waals surface area contributed by atoms with Crippen LogP contribution in [0, 0.1) is 0 Å². The lowest BCUT2D eigenvalue weighted by Gasteiger charge is -2.32. The number of carbonyl (C=O) groups excluding carboxylic acids is 2. The Labute approximate surface area is 198 Å². The number of benzene rings is 2. The number of rotatable bonds is 9. The highest BCUT2D eigenvalue weighted by atomic mass is 35.5. The molecule has 0 heterocycles. The fourth-order valence-electron chi connectivity index (χ4n) is 2.94. The maximum atomic E-state index is 13.4. The molecule has 0 aliphatic rings. The van der Waals surface area contributed by atoms with Gasteiger partial charge in [-0.1, -0.05) is 47.5 Å². The van der Waals surface area contributed by atoms with Gasteiger partial charge < -0.3 is 10.2 Å². The molecule has 1 unspecified atom stereocenters. The minimum Gasteiger partial charge on any atom is -0.357 e. The van der Waals surface area contributed by atoms with E-state index in [1.165, 1.54) is 26.0 Å². The standard InChI is InChI=1S/C21H26Cl2N4O4S/c1-15(21(29)24-2)26(13-16-10-11-17(22)12-19(16)23)20(28)14-27(32(30,31)25(3)4)18-8-6-5-7-9-18/h5-12,15H,13-14H2,1-4H3,(H,24,29). The molecular weight excluding hydrogens is 475 g/mol. The van der Waals surface area contributed by atoms with E-state index in [0.717, 1.165) is 8.61 Å². The van der Waals surface area contributed by atoms with Crippen LogP contribution in [0.5, 0.6) is 0 Å². The van der Waals surface area contributed by atoms with Gasteiger partial charge in [-0.3, -0.25) is 9.59 Å². The number of hydrogen-bond acceptors (Lipinski definition) is 4. The maximum absolute atomic E-state index is 13.4. The number of nitrogens with one attached hydrogen (secondary N) is 1. The van der Waals surface area contributed by atoms with Gasteiger partial charge in [0.15, 0.2) is 0 Å². The zero-order chi connectivity index (χ0) is 24.1. The Kier molecular flexibility index (Phi) is 8.91. The summed E-state index contributed by atoms with van der Waals surface area (Å²) in [5, 5.41) is 3.28. The molecule has 2 aromatic carbocycles. The Bertz CT molecular complexity index is 1060. The van der Waals surface area contributed by atoms with Gasteiger partial charge in [0.2, 0.25) is 11.8 Å². The first-order chi connectivity index (χ1) is 15.0. The third-order valence-corrected chi connectivity index (χ3v) is 7.24. The van der Waals surface area contributed by atoms with E-state index in [-0.39, 0.29) is 6.54 Å². The molecule has 0 aliphatic carbocycles. The second-order valence-corrected chi connectivity index (χ2v) is 10.1. The average Bonchev–Trinajstić information content (AvgIpc) is 2.76. The van der Waals surface area contributed by atoms with Crippen LogP contribution in [0.15, 0.2) is 48.5 Å². The molecule has 0 saturated carbocycles. The number of nitrogens with zero attached hydrogens (tertiary/aromatic N) is 3. The molecule has 32 heavy (non-hydrogen) atoms. The smallest absolute Gasteiger partial charge is 0.304 e. The summed E-state index contributed by atoms with van der Waals surface area (Å²) in [4.78, 5) is 27.0. The van der Waals surface area contributed by atoms with Crippen molar-refractivity contribution in [1.29, 1.82) is 0 Å². The molecule has 1 N–H and O–H groups in total. The van der Waals surface area contributed by atoms with Crippen LogP contribution in [0.2, 0.25) is 10.0 Å². The number of carbonyl (C=O) groups is 2. The van der Waals surface area contributed by atoms with E-state index >= 15 is 0 Å². The van der Waals surface area contributed by atoms with Gasteiger partial charge in [-0.2, -0.15) is 12.7 Å². The van der Waals surface area contributed by atoms with Crippen molar-refractivity contribution in [1.82, 2.24) is 14.5 Å². The monoisotopic (exact) mass is 500 g/mol. The van der Waals surface area contributed by atoms with Gasteiger partial charge in [-0.15, -0.1) is 0 Å². The van der Waals surface area contributed by atoms with Crippen LogP contribution in [0.1, 0.15) is 12.5 Å². The number of hydrogen-bond donors (Lipinski definition) is 1. The number of para-hydroxylation sites is 1. The molecule has 2 aromatic rings. The number of likely N-dealkylation sites (N-methyl/N-ethyl adjacent to an activating group) is 1. The van der Waals surface area contributed by atoms with Crippen molar-refractivity contribution < 1.29 is 18.0 Å². The molecule has 1 atom stereocenters. The van der Waals surface area contributed by atoms with Crippen molar-refractivity contribution in [3.05, 3.63) is 64.1 Å². The summed E-state index contributed by atoms with van der Waals surface area (Å²) in [7, 11) is 0.244. The van der Waals surface area contributed by atoms with E-state index in [2.05, 4.69) is 5.32 Å². The summed E-state index contributed by atoms with van der Waals surface area (Å²) < 4.78 is 28.0. The maximum Gasteiger partial charge on any atom is 0.304 e. The summed E-state index contributed by atoms with van der Waals surface area (Å²) in [5.74, 6) is -0.966. The van der Waals surface area contributed by atoms with E-state index in [1.807, 2.05) is 0 Å². The average molecular weight is 501 g/mol. The fraction of sp³-hybridized carbons (Fsp3) is 0.333. The Morgan fingerprint density at radius 1 is 1.06 bits per heavy atom. The molecule has 0 radical (unpaired) electrons. The van der Waals surface area contributed by atoms with Crippen LogP contribution in [0.4, 0.5) is 5.69 Å². The first-order valence-corrected chi connectivity index (χ1v) is 11.8. The van der Waals surface area contributed by atoms with Gasteiger partial charge in [0.25, 0.3) is 0 Å². The third kappa shape index (κ3) is 6.13. The molecule has 11 heteroatoms. The van der Waals surface area contributed by atoms with Gasteiger partial charge >= 0.3 is 10.2 Å². The Morgan fingerprint density at radius 2 is 1.69 bits per heavy atom. The predicted molar refractivity (Wildman–Crippen MR) is 127 cm³/mol. The van der Waals surface area contributed by atoms with E-state index < -0.39 is 34.6 Å². The largest absolute Gasteiger partial charge is 0.357 e. The van der Waals surface area contributed by atoms with Crippen LogP contribution < -0.4 is 9.62 Å². The van der Waals surface area contributed by atoms with E-state index in [4.69, 9.17) is 23.2 Å². The zero-order valence-electron chi connectivity index (χ0n) is 18.2. The van der Waals surface area contributed by atoms with E-state index in [1.54, 1.807) is 55.5 Å². The first kappa shape index (κ1) is 25.9. The number of anilines is 1. The minimum absolute atomic E-state index is 0.00589. The van der Waals surface area contributed by atoms with Crippen LogP contribution in [0.3, 0.4) is 0 Å². The normalized spacial score (nSPS) is 12.3. The quantitative estimate of drug-likeness (QED) is 0.572. The second kappa shape index (κ2) is 11.0. The lowest BCUT2D eigenvalue weighted by Crippen LogP contribution is -2.52. The SMILES string of the molecule is CNC(=O)C(C)N(Cc1ccc(Cl)cc1Cl)C(=O)CN(c1ccccc1)S(=O)(=O)N(C)C. The molecule has 0 bridgehead atoms. The van der Waals surface area contributed by atoms with Crippen molar-refractivity contribution in [2.45, 2.75) is 19.5 Å². The molecule has 0 aliphatic heterocycles. The molecular formula is C21H26Cl2N4O4S. The van der Waals surface area contributed by atoms with Gasteiger partial charge in [-0.25, -0.2) is 4.31 Å². The molecule has 0 spiro atoms. The fourth-order valence-corrected chi connectivity index (χ4v) is 4.46. The minimum atomic E-state index is -3.98. The first-order valence-electron chi connectivity index (χ1n) is 9.69. The predicted octanol–water partition coefficient (Wildman–Crippen LogP) is 2.77. The summed E-state index contributed by atoms with van der Waals surface area (Å²) in [6.45, 7) is 1.05. The summed E-state index contributed by atoms with van der Waals surface area (Å²) in [6, 6.07) is 12.2.